The Morgan fingerprint density at radius 2 is 2.00 bits per heavy atom. The van der Waals surface area contributed by atoms with Crippen molar-refractivity contribution in [1.29, 1.82) is 0 Å². The molecule has 1 saturated carbocycles. The highest BCUT2D eigenvalue weighted by atomic mass is 19.1. The SMILES string of the molecule is CCN(c1ccc(CN(C(=O)C2=NNNC2)c2ccc(F)cc2)cn1)C1CC1. The number of hydrogen-bond donors (Lipinski definition) is 2. The van der Waals surface area contributed by atoms with E-state index < -0.39 is 0 Å². The Morgan fingerprint density at radius 3 is 2.57 bits per heavy atom. The summed E-state index contributed by atoms with van der Waals surface area (Å²) in [4.78, 5) is 21.4. The zero-order chi connectivity index (χ0) is 19.5. The molecule has 8 heteroatoms. The lowest BCUT2D eigenvalue weighted by atomic mass is 10.2. The molecule has 2 aliphatic rings. The van der Waals surface area contributed by atoms with Crippen molar-refractivity contribution in [2.75, 3.05) is 22.9 Å². The maximum Gasteiger partial charge on any atom is 0.276 e. The number of benzene rings is 1. The Bertz CT molecular complexity index is 863. The van der Waals surface area contributed by atoms with Gasteiger partial charge >= 0.3 is 0 Å². The van der Waals surface area contributed by atoms with Gasteiger partial charge in [0, 0.05) is 24.5 Å². The highest BCUT2D eigenvalue weighted by Crippen LogP contribution is 2.30. The molecule has 0 atom stereocenters. The number of anilines is 2. The molecule has 0 unspecified atom stereocenters. The minimum Gasteiger partial charge on any atom is -0.354 e. The van der Waals surface area contributed by atoms with Gasteiger partial charge in [-0.2, -0.15) is 5.10 Å². The van der Waals surface area contributed by atoms with Crippen molar-refractivity contribution in [3.05, 3.63) is 54.0 Å². The van der Waals surface area contributed by atoms with Crippen molar-refractivity contribution >= 4 is 23.1 Å². The zero-order valence-corrected chi connectivity index (χ0v) is 15.7. The van der Waals surface area contributed by atoms with Gasteiger partial charge in [-0.3, -0.25) is 4.79 Å². The number of rotatable bonds is 7. The van der Waals surface area contributed by atoms with Gasteiger partial charge in [-0.05, 0) is 55.7 Å². The standard InChI is InChI=1S/C20H23FN6O/c1-2-26(16-8-9-16)19-10-3-14(11-22-19)13-27(17-6-4-15(21)5-7-17)20(28)18-12-23-25-24-18/h3-7,10-11,16,23,25H,2,8-9,12-13H2,1H3. The zero-order valence-electron chi connectivity index (χ0n) is 15.7. The Labute approximate surface area is 163 Å². The van der Waals surface area contributed by atoms with Crippen LogP contribution in [-0.2, 0) is 11.3 Å². The third-order valence-electron chi connectivity index (χ3n) is 4.93. The number of amides is 1. The van der Waals surface area contributed by atoms with Crippen molar-refractivity contribution in [3.8, 4) is 0 Å². The van der Waals surface area contributed by atoms with Crippen LogP contribution in [0.1, 0.15) is 25.3 Å². The summed E-state index contributed by atoms with van der Waals surface area (Å²) in [7, 11) is 0. The van der Waals surface area contributed by atoms with Crippen LogP contribution >= 0.6 is 0 Å². The summed E-state index contributed by atoms with van der Waals surface area (Å²) in [5.41, 5.74) is 7.26. The summed E-state index contributed by atoms with van der Waals surface area (Å²) in [6, 6.07) is 10.5. The largest absolute Gasteiger partial charge is 0.354 e. The molecule has 1 aliphatic carbocycles. The first kappa shape index (κ1) is 18.4. The van der Waals surface area contributed by atoms with Crippen LogP contribution in [0.15, 0.2) is 47.7 Å². The van der Waals surface area contributed by atoms with Crippen LogP contribution in [0.4, 0.5) is 15.9 Å². The molecule has 2 heterocycles. The molecule has 1 fully saturated rings. The summed E-state index contributed by atoms with van der Waals surface area (Å²) < 4.78 is 13.3. The Morgan fingerprint density at radius 1 is 1.21 bits per heavy atom. The number of carbonyl (C=O) groups excluding carboxylic acids is 1. The van der Waals surface area contributed by atoms with Crippen LogP contribution in [0.3, 0.4) is 0 Å². The van der Waals surface area contributed by atoms with Crippen LogP contribution in [0.25, 0.3) is 0 Å². The lowest BCUT2D eigenvalue weighted by Gasteiger charge is -2.24. The number of hydrazine groups is 1. The van der Waals surface area contributed by atoms with Crippen LogP contribution in [-0.4, -0.2) is 35.7 Å². The van der Waals surface area contributed by atoms with E-state index in [0.717, 1.165) is 17.9 Å². The molecular formula is C20H23FN6O. The molecule has 0 bridgehead atoms. The third-order valence-corrected chi connectivity index (χ3v) is 4.93. The molecule has 7 nitrogen and oxygen atoms in total. The van der Waals surface area contributed by atoms with E-state index in [2.05, 4.69) is 32.9 Å². The van der Waals surface area contributed by atoms with E-state index in [4.69, 9.17) is 0 Å². The van der Waals surface area contributed by atoms with E-state index in [0.29, 0.717) is 30.5 Å². The van der Waals surface area contributed by atoms with Gasteiger partial charge in [-0.1, -0.05) is 6.07 Å². The van der Waals surface area contributed by atoms with Crippen LogP contribution in [0.5, 0.6) is 0 Å². The van der Waals surface area contributed by atoms with Crippen LogP contribution < -0.4 is 20.8 Å². The normalized spacial score (nSPS) is 15.7. The minimum absolute atomic E-state index is 0.235. The number of pyridine rings is 1. The summed E-state index contributed by atoms with van der Waals surface area (Å²) >= 11 is 0. The van der Waals surface area contributed by atoms with Crippen molar-refractivity contribution in [2.45, 2.75) is 32.4 Å². The number of nitrogens with one attached hydrogen (secondary N) is 2. The fourth-order valence-electron chi connectivity index (χ4n) is 3.31. The predicted molar refractivity (Wildman–Crippen MR) is 106 cm³/mol. The van der Waals surface area contributed by atoms with Gasteiger partial charge in [0.05, 0.1) is 13.1 Å². The van der Waals surface area contributed by atoms with E-state index in [1.165, 1.54) is 25.0 Å². The number of halogens is 1. The Balaban J connectivity index is 1.56. The summed E-state index contributed by atoms with van der Waals surface area (Å²) in [5, 5.41) is 3.98. The lowest BCUT2D eigenvalue weighted by molar-refractivity contribution is -0.112. The fraction of sp³-hybridized carbons (Fsp3) is 0.350. The predicted octanol–water partition coefficient (Wildman–Crippen LogP) is 2.21. The topological polar surface area (TPSA) is 72.9 Å². The Kier molecular flexibility index (Phi) is 5.21. The molecule has 1 aliphatic heterocycles. The quantitative estimate of drug-likeness (QED) is 0.768. The van der Waals surface area contributed by atoms with E-state index in [1.54, 1.807) is 23.2 Å². The van der Waals surface area contributed by atoms with Gasteiger partial charge in [0.1, 0.15) is 17.3 Å². The Hall–Kier alpha value is -3.00. The molecule has 0 saturated heterocycles. The maximum absolute atomic E-state index is 13.3. The van der Waals surface area contributed by atoms with Gasteiger partial charge in [-0.25, -0.2) is 20.3 Å². The lowest BCUT2D eigenvalue weighted by Crippen LogP contribution is -2.38. The van der Waals surface area contributed by atoms with Crippen molar-refractivity contribution < 1.29 is 9.18 Å². The first-order chi connectivity index (χ1) is 13.7. The molecule has 1 aromatic carbocycles. The minimum atomic E-state index is -0.344. The molecule has 2 aromatic rings. The summed E-state index contributed by atoms with van der Waals surface area (Å²) in [6.45, 7) is 3.72. The second-order valence-electron chi connectivity index (χ2n) is 6.93. The number of aromatic nitrogens is 1. The molecule has 1 aromatic heterocycles. The number of nitrogens with zero attached hydrogens (tertiary/aromatic N) is 4. The van der Waals surface area contributed by atoms with E-state index >= 15 is 0 Å². The van der Waals surface area contributed by atoms with Gasteiger partial charge < -0.3 is 9.80 Å². The van der Waals surface area contributed by atoms with Crippen molar-refractivity contribution in [2.24, 2.45) is 5.10 Å². The molecule has 28 heavy (non-hydrogen) atoms. The first-order valence-electron chi connectivity index (χ1n) is 9.49. The molecule has 1 amide bonds. The smallest absolute Gasteiger partial charge is 0.276 e. The third kappa shape index (κ3) is 3.96. The first-order valence-corrected chi connectivity index (χ1v) is 9.49. The fourth-order valence-corrected chi connectivity index (χ4v) is 3.31. The van der Waals surface area contributed by atoms with Gasteiger partial charge in [0.15, 0.2) is 0 Å². The molecular weight excluding hydrogens is 359 g/mol. The second kappa shape index (κ2) is 7.93. The highest BCUT2D eigenvalue weighted by molar-refractivity contribution is 6.44. The van der Waals surface area contributed by atoms with Crippen molar-refractivity contribution in [1.82, 2.24) is 15.9 Å². The van der Waals surface area contributed by atoms with E-state index in [1.807, 2.05) is 12.1 Å². The number of carbonyl (C=O) groups is 1. The van der Waals surface area contributed by atoms with Crippen LogP contribution in [0, 0.1) is 5.82 Å². The molecule has 146 valence electrons. The summed E-state index contributed by atoms with van der Waals surface area (Å²) in [6.07, 6.45) is 4.24. The van der Waals surface area contributed by atoms with Gasteiger partial charge in [0.2, 0.25) is 0 Å². The monoisotopic (exact) mass is 382 g/mol. The van der Waals surface area contributed by atoms with Crippen LogP contribution in [0.2, 0.25) is 0 Å². The molecule has 0 spiro atoms. The number of hydrazone groups is 1. The highest BCUT2D eigenvalue weighted by Gasteiger charge is 2.29. The van der Waals surface area contributed by atoms with Crippen molar-refractivity contribution in [3.63, 3.8) is 0 Å². The second-order valence-corrected chi connectivity index (χ2v) is 6.93. The molecule has 0 radical (unpaired) electrons. The van der Waals surface area contributed by atoms with Gasteiger partial charge in [-0.15, -0.1) is 0 Å². The summed E-state index contributed by atoms with van der Waals surface area (Å²) in [5.74, 6) is 0.381. The molecule has 4 rings (SSSR count). The van der Waals surface area contributed by atoms with E-state index in [9.17, 15) is 9.18 Å². The van der Waals surface area contributed by atoms with Gasteiger partial charge in [0.25, 0.3) is 5.91 Å². The average Bonchev–Trinajstić information content (AvgIpc) is 3.40. The maximum atomic E-state index is 13.3. The molecule has 2 N–H and O–H groups in total. The van der Waals surface area contributed by atoms with E-state index in [-0.39, 0.29) is 11.7 Å². The number of hydrogen-bond acceptors (Lipinski definition) is 6. The average molecular weight is 382 g/mol.